The summed E-state index contributed by atoms with van der Waals surface area (Å²) in [5.41, 5.74) is 1.62. The molecule has 0 aromatic carbocycles. The highest BCUT2D eigenvalue weighted by Crippen LogP contribution is 2.39. The number of carbonyl (C=O) groups is 2. The minimum atomic E-state index is 0.0569. The molecule has 0 saturated carbocycles. The van der Waals surface area contributed by atoms with Crippen molar-refractivity contribution in [2.75, 3.05) is 46.8 Å². The van der Waals surface area contributed by atoms with E-state index >= 15 is 0 Å². The molecule has 1 aromatic heterocycles. The Morgan fingerprint density at radius 2 is 2.07 bits per heavy atom. The molecule has 7 heteroatoms. The van der Waals surface area contributed by atoms with Crippen LogP contribution in [-0.4, -0.2) is 83.1 Å². The van der Waals surface area contributed by atoms with Crippen LogP contribution in [0.3, 0.4) is 0 Å². The molecule has 2 aliphatic rings. The molecule has 0 aliphatic carbocycles. The molecule has 0 unspecified atom stereocenters. The number of rotatable bonds is 5. The maximum Gasteiger partial charge on any atom is 0.272 e. The van der Waals surface area contributed by atoms with Crippen LogP contribution in [0.25, 0.3) is 0 Å². The average Bonchev–Trinajstić information content (AvgIpc) is 3.02. The van der Waals surface area contributed by atoms with Gasteiger partial charge in [-0.25, -0.2) is 0 Å². The Morgan fingerprint density at radius 3 is 2.78 bits per heavy atom. The van der Waals surface area contributed by atoms with Gasteiger partial charge in [0.2, 0.25) is 5.91 Å². The van der Waals surface area contributed by atoms with Crippen molar-refractivity contribution in [2.45, 2.75) is 46.1 Å². The van der Waals surface area contributed by atoms with Gasteiger partial charge in [0.15, 0.2) is 0 Å². The molecule has 1 spiro atoms. The summed E-state index contributed by atoms with van der Waals surface area (Å²) >= 11 is 0. The lowest BCUT2D eigenvalue weighted by molar-refractivity contribution is -0.138. The van der Waals surface area contributed by atoms with E-state index in [-0.39, 0.29) is 17.2 Å². The number of nitrogens with zero attached hydrogens (tertiary/aromatic N) is 5. The Labute approximate surface area is 162 Å². The number of hydrogen-bond acceptors (Lipinski definition) is 4. The van der Waals surface area contributed by atoms with E-state index in [4.69, 9.17) is 0 Å². The van der Waals surface area contributed by atoms with Gasteiger partial charge in [-0.1, -0.05) is 0 Å². The summed E-state index contributed by atoms with van der Waals surface area (Å²) in [6.07, 6.45) is 3.60. The summed E-state index contributed by atoms with van der Waals surface area (Å²) in [5, 5.41) is 4.53. The van der Waals surface area contributed by atoms with Crippen LogP contribution >= 0.6 is 0 Å². The highest BCUT2D eigenvalue weighted by atomic mass is 16.2. The van der Waals surface area contributed by atoms with E-state index in [2.05, 4.69) is 10.00 Å². The molecule has 2 fully saturated rings. The molecule has 7 nitrogen and oxygen atoms in total. The van der Waals surface area contributed by atoms with Crippen molar-refractivity contribution in [1.29, 1.82) is 0 Å². The molecule has 27 heavy (non-hydrogen) atoms. The smallest absolute Gasteiger partial charge is 0.272 e. The third-order valence-corrected chi connectivity index (χ3v) is 5.96. The predicted octanol–water partition coefficient (Wildman–Crippen LogP) is 1.62. The summed E-state index contributed by atoms with van der Waals surface area (Å²) in [6.45, 7) is 8.60. The number of piperidine rings is 2. The minimum Gasteiger partial charge on any atom is -0.342 e. The SMILES string of the molecule is CCN1C[C@@]2(CCCN(C(=O)c3cc(C)nn3CCN(C)C)C2)CCC1=O. The zero-order valence-electron chi connectivity index (χ0n) is 17.2. The maximum absolute atomic E-state index is 13.3. The van der Waals surface area contributed by atoms with Crippen molar-refractivity contribution in [3.05, 3.63) is 17.5 Å². The van der Waals surface area contributed by atoms with Gasteiger partial charge in [-0.05, 0) is 53.3 Å². The van der Waals surface area contributed by atoms with E-state index < -0.39 is 0 Å². The van der Waals surface area contributed by atoms with Crippen LogP contribution in [0.5, 0.6) is 0 Å². The van der Waals surface area contributed by atoms with Crippen molar-refractivity contribution in [3.63, 3.8) is 0 Å². The highest BCUT2D eigenvalue weighted by molar-refractivity contribution is 5.93. The van der Waals surface area contributed by atoms with E-state index in [0.29, 0.717) is 18.7 Å². The van der Waals surface area contributed by atoms with Crippen LogP contribution < -0.4 is 0 Å². The quantitative estimate of drug-likeness (QED) is 0.785. The molecular weight excluding hydrogens is 342 g/mol. The third kappa shape index (κ3) is 4.34. The fourth-order valence-electron chi connectivity index (χ4n) is 4.45. The lowest BCUT2D eigenvalue weighted by atomic mass is 9.73. The van der Waals surface area contributed by atoms with E-state index in [1.807, 2.05) is 48.5 Å². The number of likely N-dealkylation sites (N-methyl/N-ethyl adjacent to an activating group) is 1. The predicted molar refractivity (Wildman–Crippen MR) is 105 cm³/mol. The standard InChI is InChI=1S/C20H33N5O2/c1-5-23-14-20(9-7-18(23)26)8-6-10-24(15-20)19(27)17-13-16(2)21-25(17)12-11-22(3)4/h13H,5-12,14-15H2,1-4H3/t20-/m1/s1. The van der Waals surface area contributed by atoms with Gasteiger partial charge in [0, 0.05) is 44.6 Å². The molecule has 0 radical (unpaired) electrons. The first-order valence-corrected chi connectivity index (χ1v) is 10.1. The molecule has 1 atom stereocenters. The minimum absolute atomic E-state index is 0.0569. The van der Waals surface area contributed by atoms with Gasteiger partial charge in [-0.3, -0.25) is 14.3 Å². The first-order chi connectivity index (χ1) is 12.8. The zero-order chi connectivity index (χ0) is 19.6. The molecular formula is C20H33N5O2. The molecule has 0 bridgehead atoms. The van der Waals surface area contributed by atoms with Crippen LogP contribution in [-0.2, 0) is 11.3 Å². The van der Waals surface area contributed by atoms with Crippen molar-refractivity contribution < 1.29 is 9.59 Å². The summed E-state index contributed by atoms with van der Waals surface area (Å²) in [4.78, 5) is 31.4. The lowest BCUT2D eigenvalue weighted by Gasteiger charge is -2.48. The Morgan fingerprint density at radius 1 is 1.30 bits per heavy atom. The van der Waals surface area contributed by atoms with Gasteiger partial charge in [0.05, 0.1) is 12.2 Å². The first-order valence-electron chi connectivity index (χ1n) is 10.1. The zero-order valence-corrected chi connectivity index (χ0v) is 17.2. The Kier molecular flexibility index (Phi) is 5.89. The van der Waals surface area contributed by atoms with Gasteiger partial charge in [0.25, 0.3) is 5.91 Å². The molecule has 3 rings (SSSR count). The molecule has 2 saturated heterocycles. The van der Waals surface area contributed by atoms with Crippen LogP contribution in [0.15, 0.2) is 6.07 Å². The average molecular weight is 376 g/mol. The van der Waals surface area contributed by atoms with E-state index in [0.717, 1.165) is 57.7 Å². The second-order valence-electron chi connectivity index (χ2n) is 8.44. The van der Waals surface area contributed by atoms with E-state index in [1.165, 1.54) is 0 Å². The molecule has 1 aromatic rings. The van der Waals surface area contributed by atoms with Crippen LogP contribution in [0.1, 0.15) is 48.8 Å². The largest absolute Gasteiger partial charge is 0.342 e. The number of amides is 2. The number of hydrogen-bond donors (Lipinski definition) is 0. The fraction of sp³-hybridized carbons (Fsp3) is 0.750. The van der Waals surface area contributed by atoms with Gasteiger partial charge < -0.3 is 14.7 Å². The van der Waals surface area contributed by atoms with Crippen molar-refractivity contribution >= 4 is 11.8 Å². The molecule has 2 amide bonds. The van der Waals surface area contributed by atoms with Crippen molar-refractivity contribution in [2.24, 2.45) is 5.41 Å². The third-order valence-electron chi connectivity index (χ3n) is 5.96. The normalized spacial score (nSPS) is 23.5. The number of likely N-dealkylation sites (tertiary alicyclic amines) is 2. The molecule has 2 aliphatic heterocycles. The van der Waals surface area contributed by atoms with Gasteiger partial charge >= 0.3 is 0 Å². The van der Waals surface area contributed by atoms with Crippen LogP contribution in [0.4, 0.5) is 0 Å². The van der Waals surface area contributed by atoms with E-state index in [1.54, 1.807) is 0 Å². The fourth-order valence-corrected chi connectivity index (χ4v) is 4.45. The molecule has 0 N–H and O–H groups in total. The molecule has 3 heterocycles. The summed E-state index contributed by atoms with van der Waals surface area (Å²) in [7, 11) is 4.05. The number of carbonyl (C=O) groups excluding carboxylic acids is 2. The first kappa shape index (κ1) is 19.9. The maximum atomic E-state index is 13.3. The second kappa shape index (κ2) is 8.00. The Balaban J connectivity index is 1.75. The number of aryl methyl sites for hydroxylation is 1. The molecule has 150 valence electrons. The van der Waals surface area contributed by atoms with Gasteiger partial charge in [-0.15, -0.1) is 0 Å². The summed E-state index contributed by atoms with van der Waals surface area (Å²) in [5.74, 6) is 0.331. The van der Waals surface area contributed by atoms with Gasteiger partial charge in [-0.2, -0.15) is 5.10 Å². The van der Waals surface area contributed by atoms with Crippen LogP contribution in [0, 0.1) is 12.3 Å². The Bertz CT molecular complexity index is 699. The Hall–Kier alpha value is -1.89. The van der Waals surface area contributed by atoms with Crippen molar-refractivity contribution in [3.8, 4) is 0 Å². The summed E-state index contributed by atoms with van der Waals surface area (Å²) < 4.78 is 1.85. The van der Waals surface area contributed by atoms with Crippen LogP contribution in [0.2, 0.25) is 0 Å². The monoisotopic (exact) mass is 375 g/mol. The second-order valence-corrected chi connectivity index (χ2v) is 8.44. The van der Waals surface area contributed by atoms with Crippen molar-refractivity contribution in [1.82, 2.24) is 24.5 Å². The topological polar surface area (TPSA) is 61.7 Å². The summed E-state index contributed by atoms with van der Waals surface area (Å²) in [6, 6.07) is 1.90. The lowest BCUT2D eigenvalue weighted by Crippen LogP contribution is -2.55. The number of aromatic nitrogens is 2. The van der Waals surface area contributed by atoms with Gasteiger partial charge in [0.1, 0.15) is 5.69 Å². The van der Waals surface area contributed by atoms with E-state index in [9.17, 15) is 9.59 Å². The highest BCUT2D eigenvalue weighted by Gasteiger charge is 2.42.